The van der Waals surface area contributed by atoms with Gasteiger partial charge in [0.2, 0.25) is 0 Å². The molecule has 3 rings (SSSR count). The SMILES string of the molecule is Cc1ccc(-c2c(C)c(Nc3ccccc3)c(=O)n(C)c2C(OC(C)(C)C)C(=O)O)cc1C. The number of benzene rings is 2. The molecule has 0 aliphatic heterocycles. The Labute approximate surface area is 194 Å². The molecule has 3 aromatic rings. The molecule has 0 aliphatic carbocycles. The Morgan fingerprint density at radius 2 is 1.67 bits per heavy atom. The number of carboxylic acid groups (broad SMARTS) is 1. The second-order valence-corrected chi connectivity index (χ2v) is 9.36. The molecule has 6 nitrogen and oxygen atoms in total. The number of anilines is 2. The summed E-state index contributed by atoms with van der Waals surface area (Å²) in [5, 5.41) is 13.4. The van der Waals surface area contributed by atoms with Crippen LogP contribution in [0.1, 0.15) is 49.3 Å². The molecule has 1 heterocycles. The van der Waals surface area contributed by atoms with Gasteiger partial charge in [0.1, 0.15) is 5.69 Å². The summed E-state index contributed by atoms with van der Waals surface area (Å²) in [6.07, 6.45) is -1.32. The Morgan fingerprint density at radius 1 is 1.03 bits per heavy atom. The Hall–Kier alpha value is -3.38. The number of aryl methyl sites for hydroxylation is 2. The fraction of sp³-hybridized carbons (Fsp3) is 0.333. The number of nitrogens with zero attached hydrogens (tertiary/aromatic N) is 1. The summed E-state index contributed by atoms with van der Waals surface area (Å²) in [5.41, 5.74) is 4.84. The van der Waals surface area contributed by atoms with Gasteiger partial charge in [0, 0.05) is 18.3 Å². The van der Waals surface area contributed by atoms with Crippen LogP contribution in [-0.2, 0) is 16.6 Å². The molecule has 1 unspecified atom stereocenters. The van der Waals surface area contributed by atoms with Gasteiger partial charge in [-0.25, -0.2) is 4.79 Å². The number of para-hydroxylation sites is 1. The second kappa shape index (κ2) is 9.24. The van der Waals surface area contributed by atoms with E-state index in [-0.39, 0.29) is 5.56 Å². The smallest absolute Gasteiger partial charge is 0.339 e. The Balaban J connectivity index is 2.37. The third-order valence-electron chi connectivity index (χ3n) is 5.67. The molecule has 0 amide bonds. The number of carbonyl (C=O) groups is 1. The predicted octanol–water partition coefficient (Wildman–Crippen LogP) is 5.66. The first kappa shape index (κ1) is 24.3. The molecule has 6 heteroatoms. The lowest BCUT2D eigenvalue weighted by atomic mass is 9.92. The van der Waals surface area contributed by atoms with E-state index in [0.717, 1.165) is 22.4 Å². The zero-order chi connectivity index (χ0) is 24.5. The quantitative estimate of drug-likeness (QED) is 0.508. The van der Waals surface area contributed by atoms with Crippen molar-refractivity contribution < 1.29 is 14.6 Å². The molecular weight excluding hydrogens is 416 g/mol. The molecule has 2 aromatic carbocycles. The van der Waals surface area contributed by atoms with Crippen molar-refractivity contribution in [1.29, 1.82) is 0 Å². The number of nitrogens with one attached hydrogen (secondary N) is 1. The van der Waals surface area contributed by atoms with Gasteiger partial charge < -0.3 is 19.7 Å². The molecule has 0 saturated carbocycles. The lowest BCUT2D eigenvalue weighted by Crippen LogP contribution is -2.34. The highest BCUT2D eigenvalue weighted by Gasteiger charge is 2.33. The first-order chi connectivity index (χ1) is 15.4. The van der Waals surface area contributed by atoms with Gasteiger partial charge >= 0.3 is 5.97 Å². The maximum atomic E-state index is 13.5. The third-order valence-corrected chi connectivity index (χ3v) is 5.67. The molecule has 0 fully saturated rings. The predicted molar refractivity (Wildman–Crippen MR) is 132 cm³/mol. The maximum Gasteiger partial charge on any atom is 0.339 e. The fourth-order valence-electron chi connectivity index (χ4n) is 3.88. The topological polar surface area (TPSA) is 80.6 Å². The average Bonchev–Trinajstić information content (AvgIpc) is 2.74. The molecule has 0 bridgehead atoms. The second-order valence-electron chi connectivity index (χ2n) is 9.36. The normalized spacial score (nSPS) is 12.5. The van der Waals surface area contributed by atoms with Crippen LogP contribution in [0, 0.1) is 20.8 Å². The summed E-state index contributed by atoms with van der Waals surface area (Å²) in [6, 6.07) is 15.4. The largest absolute Gasteiger partial charge is 0.479 e. The zero-order valence-corrected chi connectivity index (χ0v) is 20.3. The molecule has 174 valence electrons. The van der Waals surface area contributed by atoms with Crippen LogP contribution in [0.3, 0.4) is 0 Å². The van der Waals surface area contributed by atoms with E-state index in [1.165, 1.54) is 4.57 Å². The van der Waals surface area contributed by atoms with Gasteiger partial charge in [-0.2, -0.15) is 0 Å². The lowest BCUT2D eigenvalue weighted by molar-refractivity contribution is -0.161. The molecule has 0 aliphatic rings. The van der Waals surface area contributed by atoms with Gasteiger partial charge in [0.05, 0.1) is 11.3 Å². The van der Waals surface area contributed by atoms with E-state index in [0.29, 0.717) is 22.5 Å². The van der Waals surface area contributed by atoms with Crippen molar-refractivity contribution in [1.82, 2.24) is 4.57 Å². The number of rotatable bonds is 6. The molecule has 0 saturated heterocycles. The number of carboxylic acids is 1. The summed E-state index contributed by atoms with van der Waals surface area (Å²) in [4.78, 5) is 25.8. The molecular formula is C27H32N2O4. The van der Waals surface area contributed by atoms with E-state index in [9.17, 15) is 14.7 Å². The number of ether oxygens (including phenoxy) is 1. The molecule has 1 aromatic heterocycles. The van der Waals surface area contributed by atoms with Crippen LogP contribution >= 0.6 is 0 Å². The highest BCUT2D eigenvalue weighted by molar-refractivity contribution is 5.83. The minimum atomic E-state index is -1.32. The number of pyridine rings is 1. The summed E-state index contributed by atoms with van der Waals surface area (Å²) in [5.74, 6) is -1.15. The highest BCUT2D eigenvalue weighted by Crippen LogP contribution is 2.37. The summed E-state index contributed by atoms with van der Waals surface area (Å²) < 4.78 is 7.37. The molecule has 2 N–H and O–H groups in total. The van der Waals surface area contributed by atoms with Crippen LogP contribution in [0.5, 0.6) is 0 Å². The van der Waals surface area contributed by atoms with Crippen LogP contribution in [0.15, 0.2) is 53.3 Å². The van der Waals surface area contributed by atoms with Gasteiger partial charge in [-0.1, -0.05) is 36.4 Å². The number of aromatic nitrogens is 1. The monoisotopic (exact) mass is 448 g/mol. The van der Waals surface area contributed by atoms with Crippen LogP contribution in [0.2, 0.25) is 0 Å². The van der Waals surface area contributed by atoms with E-state index in [1.54, 1.807) is 27.8 Å². The van der Waals surface area contributed by atoms with Gasteiger partial charge in [-0.05, 0) is 75.9 Å². The summed E-state index contributed by atoms with van der Waals surface area (Å²) in [7, 11) is 1.60. The maximum absolute atomic E-state index is 13.5. The molecule has 33 heavy (non-hydrogen) atoms. The summed E-state index contributed by atoms with van der Waals surface area (Å²) in [6.45, 7) is 11.3. The molecule has 1 atom stereocenters. The van der Waals surface area contributed by atoms with Crippen LogP contribution in [-0.4, -0.2) is 21.2 Å². The van der Waals surface area contributed by atoms with E-state index in [4.69, 9.17) is 4.74 Å². The van der Waals surface area contributed by atoms with E-state index in [1.807, 2.05) is 69.3 Å². The van der Waals surface area contributed by atoms with Crippen molar-refractivity contribution in [3.8, 4) is 11.1 Å². The van der Waals surface area contributed by atoms with Crippen molar-refractivity contribution in [2.24, 2.45) is 7.05 Å². The van der Waals surface area contributed by atoms with Gasteiger partial charge in [-0.3, -0.25) is 4.79 Å². The van der Waals surface area contributed by atoms with E-state index >= 15 is 0 Å². The summed E-state index contributed by atoms with van der Waals surface area (Å²) >= 11 is 0. The molecule has 0 spiro atoms. The van der Waals surface area contributed by atoms with Crippen LogP contribution < -0.4 is 10.9 Å². The number of aliphatic carboxylic acids is 1. The minimum absolute atomic E-state index is 0.317. The van der Waals surface area contributed by atoms with Gasteiger partial charge in [0.25, 0.3) is 5.56 Å². The van der Waals surface area contributed by atoms with Crippen molar-refractivity contribution in [3.63, 3.8) is 0 Å². The van der Waals surface area contributed by atoms with Crippen molar-refractivity contribution >= 4 is 17.3 Å². The zero-order valence-electron chi connectivity index (χ0n) is 20.3. The van der Waals surface area contributed by atoms with Crippen molar-refractivity contribution in [3.05, 3.63) is 81.3 Å². The first-order valence-electron chi connectivity index (χ1n) is 10.9. The Bertz CT molecular complexity index is 1240. The van der Waals surface area contributed by atoms with Crippen molar-refractivity contribution in [2.45, 2.75) is 53.2 Å². The standard InChI is InChI=1S/C27H32N2O4/c1-16-13-14-19(15-17(16)2)21-18(3)22(28-20-11-9-8-10-12-20)25(30)29(7)23(21)24(26(31)32)33-27(4,5)6/h8-15,24,28H,1-7H3,(H,31,32). The molecule has 0 radical (unpaired) electrons. The van der Waals surface area contributed by atoms with Gasteiger partial charge in [0.15, 0.2) is 6.10 Å². The third kappa shape index (κ3) is 5.17. The van der Waals surface area contributed by atoms with Crippen LogP contribution in [0.25, 0.3) is 11.1 Å². The highest BCUT2D eigenvalue weighted by atomic mass is 16.5. The lowest BCUT2D eigenvalue weighted by Gasteiger charge is -2.29. The van der Waals surface area contributed by atoms with Crippen molar-refractivity contribution in [2.75, 3.05) is 5.32 Å². The minimum Gasteiger partial charge on any atom is -0.479 e. The van der Waals surface area contributed by atoms with Crippen LogP contribution in [0.4, 0.5) is 11.4 Å². The van der Waals surface area contributed by atoms with E-state index in [2.05, 4.69) is 5.32 Å². The first-order valence-corrected chi connectivity index (χ1v) is 10.9. The van der Waals surface area contributed by atoms with Gasteiger partial charge in [-0.15, -0.1) is 0 Å². The number of hydrogen-bond donors (Lipinski definition) is 2. The average molecular weight is 449 g/mol. The Kier molecular flexibility index (Phi) is 6.79. The fourth-order valence-corrected chi connectivity index (χ4v) is 3.88. The Morgan fingerprint density at radius 3 is 2.21 bits per heavy atom. The van der Waals surface area contributed by atoms with E-state index < -0.39 is 17.7 Å². The number of hydrogen-bond acceptors (Lipinski definition) is 4.